The maximum absolute atomic E-state index is 12.9. The Morgan fingerprint density at radius 3 is 2.62 bits per heavy atom. The summed E-state index contributed by atoms with van der Waals surface area (Å²) in [6, 6.07) is 0.686. The Labute approximate surface area is 93.9 Å². The molecular formula is C9H7ClF3NO2. The first-order valence-corrected chi connectivity index (χ1v) is 4.73. The fraction of sp³-hybridized carbons (Fsp3) is 0.333. The maximum atomic E-state index is 12.9. The molecule has 7 heteroatoms. The third-order valence-corrected chi connectivity index (χ3v) is 2.13. The zero-order valence-corrected chi connectivity index (χ0v) is 8.64. The van der Waals surface area contributed by atoms with Gasteiger partial charge in [0, 0.05) is 5.56 Å². The smallest absolute Gasteiger partial charge is 0.307 e. The van der Waals surface area contributed by atoms with Crippen LogP contribution in [-0.2, 0) is 17.1 Å². The van der Waals surface area contributed by atoms with Gasteiger partial charge in [0.15, 0.2) is 0 Å². The summed E-state index contributed by atoms with van der Waals surface area (Å²) in [5.41, 5.74) is -1.22. The lowest BCUT2D eigenvalue weighted by Gasteiger charge is -2.10. The Morgan fingerprint density at radius 1 is 1.56 bits per heavy atom. The summed E-state index contributed by atoms with van der Waals surface area (Å²) in [6.07, 6.45) is -3.63. The van der Waals surface area contributed by atoms with Gasteiger partial charge in [-0.15, -0.1) is 11.6 Å². The van der Waals surface area contributed by atoms with E-state index in [1.807, 2.05) is 0 Å². The van der Waals surface area contributed by atoms with Gasteiger partial charge in [-0.3, -0.25) is 4.79 Å². The molecule has 0 fully saturated rings. The van der Waals surface area contributed by atoms with E-state index in [4.69, 9.17) is 16.7 Å². The fourth-order valence-corrected chi connectivity index (χ4v) is 1.51. The van der Waals surface area contributed by atoms with Crippen LogP contribution in [-0.4, -0.2) is 16.1 Å². The van der Waals surface area contributed by atoms with Crippen LogP contribution in [0, 0.1) is 5.95 Å². The van der Waals surface area contributed by atoms with Crippen molar-refractivity contribution in [2.24, 2.45) is 0 Å². The molecule has 1 aromatic rings. The van der Waals surface area contributed by atoms with Gasteiger partial charge in [0.2, 0.25) is 5.95 Å². The molecule has 0 aliphatic carbocycles. The molecule has 1 N–H and O–H groups in total. The van der Waals surface area contributed by atoms with Gasteiger partial charge in [-0.05, 0) is 11.6 Å². The number of nitrogens with zero attached hydrogens (tertiary/aromatic N) is 1. The van der Waals surface area contributed by atoms with Gasteiger partial charge in [-0.25, -0.2) is 13.8 Å². The molecule has 0 aliphatic heterocycles. The van der Waals surface area contributed by atoms with Crippen molar-refractivity contribution in [3.8, 4) is 0 Å². The Balaban J connectivity index is 3.32. The average molecular weight is 254 g/mol. The molecule has 0 aromatic carbocycles. The highest BCUT2D eigenvalue weighted by molar-refractivity contribution is 6.17. The summed E-state index contributed by atoms with van der Waals surface area (Å²) in [7, 11) is 0. The summed E-state index contributed by atoms with van der Waals surface area (Å²) in [5.74, 6) is -2.74. The van der Waals surface area contributed by atoms with Crippen molar-refractivity contribution in [2.45, 2.75) is 18.7 Å². The van der Waals surface area contributed by atoms with Crippen molar-refractivity contribution < 1.29 is 23.1 Å². The molecule has 16 heavy (non-hydrogen) atoms. The number of carbonyl (C=O) groups is 1. The third-order valence-electron chi connectivity index (χ3n) is 1.88. The summed E-state index contributed by atoms with van der Waals surface area (Å²) in [4.78, 5) is 13.6. The highest BCUT2D eigenvalue weighted by Crippen LogP contribution is 2.27. The number of carboxylic acid groups (broad SMARTS) is 1. The first-order chi connectivity index (χ1) is 7.45. The number of aliphatic carboxylic acids is 1. The molecule has 0 aliphatic rings. The molecule has 1 aromatic heterocycles. The van der Waals surface area contributed by atoms with E-state index >= 15 is 0 Å². The first kappa shape index (κ1) is 12.8. The lowest BCUT2D eigenvalue weighted by molar-refractivity contribution is -0.136. The molecule has 0 amide bonds. The normalized spacial score (nSPS) is 10.8. The summed E-state index contributed by atoms with van der Waals surface area (Å²) < 4.78 is 38.2. The van der Waals surface area contributed by atoms with Crippen molar-refractivity contribution >= 4 is 17.6 Å². The van der Waals surface area contributed by atoms with Gasteiger partial charge in [0.25, 0.3) is 6.43 Å². The zero-order chi connectivity index (χ0) is 12.3. The van der Waals surface area contributed by atoms with E-state index in [1.165, 1.54) is 0 Å². The van der Waals surface area contributed by atoms with Crippen LogP contribution in [0.1, 0.15) is 23.2 Å². The predicted octanol–water partition coefficient (Wildman–Crippen LogP) is 2.52. The van der Waals surface area contributed by atoms with Crippen LogP contribution < -0.4 is 0 Å². The molecule has 3 nitrogen and oxygen atoms in total. The van der Waals surface area contributed by atoms with Crippen molar-refractivity contribution in [3.63, 3.8) is 0 Å². The zero-order valence-electron chi connectivity index (χ0n) is 7.88. The summed E-state index contributed by atoms with van der Waals surface area (Å²) >= 11 is 5.35. The lowest BCUT2D eigenvalue weighted by atomic mass is 10.0. The van der Waals surface area contributed by atoms with Gasteiger partial charge in [0.1, 0.15) is 0 Å². The van der Waals surface area contributed by atoms with E-state index < -0.39 is 36.2 Å². The monoisotopic (exact) mass is 253 g/mol. The molecule has 0 saturated carbocycles. The summed E-state index contributed by atoms with van der Waals surface area (Å²) in [5, 5.41) is 8.51. The number of alkyl halides is 3. The van der Waals surface area contributed by atoms with Crippen LogP contribution in [0.2, 0.25) is 0 Å². The second kappa shape index (κ2) is 5.16. The van der Waals surface area contributed by atoms with Crippen LogP contribution in [0.25, 0.3) is 0 Å². The maximum Gasteiger partial charge on any atom is 0.307 e. The van der Waals surface area contributed by atoms with Crippen molar-refractivity contribution in [1.82, 2.24) is 4.98 Å². The van der Waals surface area contributed by atoms with E-state index in [-0.39, 0.29) is 11.3 Å². The molecular weight excluding hydrogens is 247 g/mol. The van der Waals surface area contributed by atoms with E-state index in [9.17, 15) is 18.0 Å². The topological polar surface area (TPSA) is 50.2 Å². The quantitative estimate of drug-likeness (QED) is 0.663. The Morgan fingerprint density at radius 2 is 2.19 bits per heavy atom. The van der Waals surface area contributed by atoms with E-state index in [1.54, 1.807) is 0 Å². The molecule has 0 unspecified atom stereocenters. The lowest BCUT2D eigenvalue weighted by Crippen LogP contribution is -2.09. The Hall–Kier alpha value is -1.30. The molecule has 1 rings (SSSR count). The number of halogens is 4. The number of hydrogen-bond donors (Lipinski definition) is 1. The van der Waals surface area contributed by atoms with E-state index in [2.05, 4.69) is 4.98 Å². The molecule has 0 radical (unpaired) electrons. The van der Waals surface area contributed by atoms with Gasteiger partial charge in [-0.2, -0.15) is 4.39 Å². The minimum atomic E-state index is -2.93. The SMILES string of the molecule is O=C(O)Cc1cc(F)nc(CCl)c1C(F)F. The minimum absolute atomic E-state index is 0.300. The third kappa shape index (κ3) is 2.85. The van der Waals surface area contributed by atoms with E-state index in [0.29, 0.717) is 6.07 Å². The van der Waals surface area contributed by atoms with Crippen molar-refractivity contribution in [2.75, 3.05) is 0 Å². The molecule has 0 bridgehead atoms. The minimum Gasteiger partial charge on any atom is -0.481 e. The fourth-order valence-electron chi connectivity index (χ4n) is 1.31. The largest absolute Gasteiger partial charge is 0.481 e. The second-order valence-electron chi connectivity index (χ2n) is 2.97. The number of pyridine rings is 1. The van der Waals surface area contributed by atoms with Gasteiger partial charge < -0.3 is 5.11 Å². The van der Waals surface area contributed by atoms with Gasteiger partial charge in [0.05, 0.1) is 18.0 Å². The number of hydrogen-bond acceptors (Lipinski definition) is 2. The van der Waals surface area contributed by atoms with Gasteiger partial charge in [-0.1, -0.05) is 0 Å². The van der Waals surface area contributed by atoms with Crippen LogP contribution in [0.15, 0.2) is 6.07 Å². The van der Waals surface area contributed by atoms with Crippen LogP contribution >= 0.6 is 11.6 Å². The number of rotatable bonds is 4. The predicted molar refractivity (Wildman–Crippen MR) is 50.0 cm³/mol. The summed E-state index contributed by atoms with van der Waals surface area (Å²) in [6.45, 7) is 0. The second-order valence-corrected chi connectivity index (χ2v) is 3.24. The Kier molecular flexibility index (Phi) is 4.12. The number of aromatic nitrogens is 1. The molecule has 0 saturated heterocycles. The van der Waals surface area contributed by atoms with E-state index in [0.717, 1.165) is 0 Å². The van der Waals surface area contributed by atoms with Crippen LogP contribution in [0.3, 0.4) is 0 Å². The Bertz CT molecular complexity index is 412. The molecule has 1 heterocycles. The average Bonchev–Trinajstić information content (AvgIpc) is 2.14. The van der Waals surface area contributed by atoms with Crippen molar-refractivity contribution in [3.05, 3.63) is 28.8 Å². The highest BCUT2D eigenvalue weighted by atomic mass is 35.5. The van der Waals surface area contributed by atoms with Gasteiger partial charge >= 0.3 is 5.97 Å². The molecule has 88 valence electrons. The standard InChI is InChI=1S/C9H7ClF3NO2/c10-3-5-8(9(12)13)4(2-7(15)16)1-6(11)14-5/h1,9H,2-3H2,(H,15,16). The molecule has 0 atom stereocenters. The first-order valence-electron chi connectivity index (χ1n) is 4.19. The number of carboxylic acids is 1. The van der Waals surface area contributed by atoms with Crippen LogP contribution in [0.5, 0.6) is 0 Å². The van der Waals surface area contributed by atoms with Crippen LogP contribution in [0.4, 0.5) is 13.2 Å². The molecule has 0 spiro atoms. The highest BCUT2D eigenvalue weighted by Gasteiger charge is 2.21. The van der Waals surface area contributed by atoms with Crippen molar-refractivity contribution in [1.29, 1.82) is 0 Å².